The lowest BCUT2D eigenvalue weighted by Gasteiger charge is -2.23. The molecule has 9 aromatic rings. The molecule has 1 unspecified atom stereocenters. The zero-order valence-corrected chi connectivity index (χ0v) is 30.4. The first kappa shape index (κ1) is 32.2. The second kappa shape index (κ2) is 13.2. The van der Waals surface area contributed by atoms with E-state index in [0.29, 0.717) is 0 Å². The van der Waals surface area contributed by atoms with Crippen LogP contribution in [0.5, 0.6) is 0 Å². The summed E-state index contributed by atoms with van der Waals surface area (Å²) in [7, 11) is 0. The van der Waals surface area contributed by atoms with Crippen molar-refractivity contribution in [3.63, 3.8) is 0 Å². The number of nitrogens with one attached hydrogen (secondary N) is 1. The molecule has 0 radical (unpaired) electrons. The molecule has 1 aliphatic heterocycles. The summed E-state index contributed by atoms with van der Waals surface area (Å²) in [4.78, 5) is 10.6. The number of hydrogen-bond acceptors (Lipinski definition) is 4. The molecular weight excluding hydrogens is 683 g/mol. The van der Waals surface area contributed by atoms with Crippen LogP contribution in [0.2, 0.25) is 0 Å². The molecule has 11 rings (SSSR count). The van der Waals surface area contributed by atoms with Crippen molar-refractivity contribution in [3.05, 3.63) is 228 Å². The van der Waals surface area contributed by atoms with E-state index in [0.717, 1.165) is 72.6 Å². The van der Waals surface area contributed by atoms with E-state index in [1.165, 1.54) is 27.8 Å². The summed E-state index contributed by atoms with van der Waals surface area (Å²) < 4.78 is 6.70. The number of rotatable bonds is 6. The van der Waals surface area contributed by atoms with Crippen LogP contribution in [0.3, 0.4) is 0 Å². The van der Waals surface area contributed by atoms with Crippen LogP contribution in [0, 0.1) is 0 Å². The molecule has 0 spiro atoms. The molecule has 4 heteroatoms. The summed E-state index contributed by atoms with van der Waals surface area (Å²) in [5.41, 5.74) is 15.7. The van der Waals surface area contributed by atoms with E-state index in [2.05, 4.69) is 187 Å². The number of fused-ring (bicyclic) bond motifs is 6. The van der Waals surface area contributed by atoms with Gasteiger partial charge in [-0.25, -0.2) is 9.98 Å². The molecule has 56 heavy (non-hydrogen) atoms. The van der Waals surface area contributed by atoms with E-state index in [4.69, 9.17) is 14.4 Å². The van der Waals surface area contributed by atoms with Gasteiger partial charge in [-0.05, 0) is 79.9 Å². The lowest BCUT2D eigenvalue weighted by Crippen LogP contribution is -2.36. The van der Waals surface area contributed by atoms with Gasteiger partial charge in [0.25, 0.3) is 0 Å². The lowest BCUT2D eigenvalue weighted by molar-refractivity contribution is 0.668. The maximum atomic E-state index is 6.70. The fourth-order valence-corrected chi connectivity index (χ4v) is 8.60. The van der Waals surface area contributed by atoms with Gasteiger partial charge in [-0.2, -0.15) is 0 Å². The van der Waals surface area contributed by atoms with Gasteiger partial charge >= 0.3 is 0 Å². The number of nitrogens with zero attached hydrogens (tertiary/aromatic N) is 2. The van der Waals surface area contributed by atoms with E-state index in [9.17, 15) is 0 Å². The van der Waals surface area contributed by atoms with Crippen LogP contribution in [-0.4, -0.2) is 11.7 Å². The molecule has 1 aliphatic carbocycles. The van der Waals surface area contributed by atoms with Gasteiger partial charge in [0.05, 0.1) is 0 Å². The first-order chi connectivity index (χ1) is 27.7. The van der Waals surface area contributed by atoms with E-state index in [1.807, 2.05) is 12.1 Å². The highest BCUT2D eigenvalue weighted by atomic mass is 16.3. The molecule has 2 aliphatic rings. The Balaban J connectivity index is 1.04. The van der Waals surface area contributed by atoms with Crippen molar-refractivity contribution in [3.8, 4) is 33.4 Å². The van der Waals surface area contributed by atoms with Crippen molar-refractivity contribution in [1.82, 2.24) is 5.32 Å². The SMILES string of the molecule is c1ccc(-c2cccc(C3=NC(c4cccc(-c5ccccc5)c4)N=C(c4cccc5oc6cc(C7c8ccccc8-c8ccccc87)ccc6c45)N3)c2)cc1. The Morgan fingerprint density at radius 1 is 0.393 bits per heavy atom. The van der Waals surface area contributed by atoms with Gasteiger partial charge in [-0.15, -0.1) is 0 Å². The Morgan fingerprint density at radius 3 is 1.70 bits per heavy atom. The Labute approximate surface area is 325 Å². The van der Waals surface area contributed by atoms with Crippen molar-refractivity contribution in [2.75, 3.05) is 0 Å². The molecule has 2 heterocycles. The molecule has 0 amide bonds. The second-order valence-electron chi connectivity index (χ2n) is 14.5. The molecule has 0 saturated carbocycles. The van der Waals surface area contributed by atoms with Gasteiger partial charge in [-0.1, -0.05) is 170 Å². The zero-order chi connectivity index (χ0) is 37.0. The van der Waals surface area contributed by atoms with Gasteiger partial charge in [-0.3, -0.25) is 0 Å². The van der Waals surface area contributed by atoms with Crippen molar-refractivity contribution in [2.24, 2.45) is 9.98 Å². The predicted molar refractivity (Wildman–Crippen MR) is 229 cm³/mol. The van der Waals surface area contributed by atoms with Crippen molar-refractivity contribution in [2.45, 2.75) is 12.1 Å². The molecule has 1 N–H and O–H groups in total. The number of hydrogen-bond donors (Lipinski definition) is 1. The smallest absolute Gasteiger partial charge is 0.169 e. The Bertz CT molecular complexity index is 2970. The average molecular weight is 718 g/mol. The topological polar surface area (TPSA) is 49.9 Å². The van der Waals surface area contributed by atoms with Gasteiger partial charge < -0.3 is 9.73 Å². The highest BCUT2D eigenvalue weighted by Crippen LogP contribution is 2.48. The molecular formula is C52H35N3O. The maximum absolute atomic E-state index is 6.70. The summed E-state index contributed by atoms with van der Waals surface area (Å²) in [6.45, 7) is 0. The molecule has 0 bridgehead atoms. The van der Waals surface area contributed by atoms with E-state index >= 15 is 0 Å². The first-order valence-electron chi connectivity index (χ1n) is 19.1. The van der Waals surface area contributed by atoms with Crippen LogP contribution >= 0.6 is 0 Å². The minimum Gasteiger partial charge on any atom is -0.456 e. The number of amidine groups is 2. The van der Waals surface area contributed by atoms with Gasteiger partial charge in [0, 0.05) is 27.8 Å². The van der Waals surface area contributed by atoms with Gasteiger partial charge in [0.15, 0.2) is 6.17 Å². The predicted octanol–water partition coefficient (Wildman–Crippen LogP) is 12.6. The minimum absolute atomic E-state index is 0.140. The first-order valence-corrected chi connectivity index (χ1v) is 19.1. The Kier molecular flexibility index (Phi) is 7.59. The monoisotopic (exact) mass is 717 g/mol. The normalized spacial score (nSPS) is 14.9. The van der Waals surface area contributed by atoms with Crippen LogP contribution in [-0.2, 0) is 0 Å². The Morgan fingerprint density at radius 2 is 0.964 bits per heavy atom. The quantitative estimate of drug-likeness (QED) is 0.186. The molecule has 1 aromatic heterocycles. The van der Waals surface area contributed by atoms with Crippen LogP contribution in [0.1, 0.15) is 45.5 Å². The van der Waals surface area contributed by atoms with Crippen molar-refractivity contribution in [1.29, 1.82) is 0 Å². The van der Waals surface area contributed by atoms with Crippen molar-refractivity contribution >= 4 is 33.6 Å². The molecule has 4 nitrogen and oxygen atoms in total. The van der Waals surface area contributed by atoms with Crippen LogP contribution in [0.25, 0.3) is 55.3 Å². The molecule has 0 saturated heterocycles. The van der Waals surface area contributed by atoms with Crippen molar-refractivity contribution < 1.29 is 4.42 Å². The number of benzene rings is 8. The fourth-order valence-electron chi connectivity index (χ4n) is 8.60. The summed E-state index contributed by atoms with van der Waals surface area (Å²) in [5, 5.41) is 5.78. The molecule has 8 aromatic carbocycles. The van der Waals surface area contributed by atoms with Crippen LogP contribution in [0.15, 0.2) is 209 Å². The molecule has 264 valence electrons. The summed E-state index contributed by atoms with van der Waals surface area (Å²) >= 11 is 0. The Hall–Kier alpha value is -7.30. The third kappa shape index (κ3) is 5.46. The summed E-state index contributed by atoms with van der Waals surface area (Å²) in [6.07, 6.45) is -0.465. The second-order valence-corrected chi connectivity index (χ2v) is 14.5. The van der Waals surface area contributed by atoms with Crippen LogP contribution < -0.4 is 5.32 Å². The van der Waals surface area contributed by atoms with E-state index < -0.39 is 6.17 Å². The van der Waals surface area contributed by atoms with Crippen LogP contribution in [0.4, 0.5) is 0 Å². The highest BCUT2D eigenvalue weighted by molar-refractivity contribution is 6.23. The van der Waals surface area contributed by atoms with Gasteiger partial charge in [0.2, 0.25) is 0 Å². The standard InChI is InChI=1S/C52H35N3O/c1-3-14-33(15-4-1)35-18-11-20-38(30-35)50-53-51(39-21-12-19-36(31-39)34-16-5-2-6-17-34)55-52(54-50)45-26-13-27-46-49(45)44-29-28-37(32-47(44)56-46)48-42-24-9-7-22-40(42)41-23-8-10-25-43(41)48/h1-32,48,50H,(H,53,54,55). The average Bonchev–Trinajstić information content (AvgIpc) is 3.82. The van der Waals surface area contributed by atoms with E-state index in [1.54, 1.807) is 0 Å². The third-order valence-electron chi connectivity index (χ3n) is 11.2. The lowest BCUT2D eigenvalue weighted by atomic mass is 9.89. The third-order valence-corrected chi connectivity index (χ3v) is 11.2. The zero-order valence-electron chi connectivity index (χ0n) is 30.4. The van der Waals surface area contributed by atoms with Gasteiger partial charge in [0.1, 0.15) is 22.8 Å². The molecule has 0 fully saturated rings. The summed E-state index contributed by atoms with van der Waals surface area (Å²) in [6, 6.07) is 68.6. The summed E-state index contributed by atoms with van der Waals surface area (Å²) in [5.74, 6) is 1.67. The minimum atomic E-state index is -0.465. The largest absolute Gasteiger partial charge is 0.456 e. The van der Waals surface area contributed by atoms with E-state index in [-0.39, 0.29) is 5.92 Å². The molecule has 1 atom stereocenters. The number of furan rings is 1. The number of aliphatic imine (C=N–C) groups is 2. The maximum Gasteiger partial charge on any atom is 0.169 e. The highest BCUT2D eigenvalue weighted by Gasteiger charge is 2.30. The fraction of sp³-hybridized carbons (Fsp3) is 0.0385.